The minimum Gasteiger partial charge on any atom is -0.330 e. The Morgan fingerprint density at radius 1 is 1.11 bits per heavy atom. The average Bonchev–Trinajstić information content (AvgIpc) is 3.07. The lowest BCUT2D eigenvalue weighted by Crippen LogP contribution is -2.32. The first-order valence-corrected chi connectivity index (χ1v) is 12.8. The average molecular weight is 586 g/mol. The summed E-state index contributed by atoms with van der Waals surface area (Å²) in [7, 11) is -4.09. The normalized spacial score (nSPS) is 14.5. The molecule has 0 radical (unpaired) electrons. The van der Waals surface area contributed by atoms with E-state index in [1.165, 1.54) is 42.5 Å². The third-order valence-electron chi connectivity index (χ3n) is 5.34. The van der Waals surface area contributed by atoms with Gasteiger partial charge in [-0.05, 0) is 54.2 Å². The SMILES string of the molecule is NS(=O)(=O)c1ccccc1NC(=S)NN=C1C(=O)N(Cc2cccc(C(F)(F)F)c2)c2cc(Cl)c(F)cc21. The molecule has 0 aromatic heterocycles. The number of para-hydroxylation sites is 1. The molecule has 3 aromatic carbocycles. The van der Waals surface area contributed by atoms with E-state index in [1.807, 2.05) is 0 Å². The predicted molar refractivity (Wildman–Crippen MR) is 138 cm³/mol. The zero-order valence-electron chi connectivity index (χ0n) is 18.9. The standard InChI is InChI=1S/C23H16ClF4N5O3S2/c24-15-10-18-14(9-16(15)25)20(21(34)33(18)11-12-4-3-5-13(8-12)23(26,27)28)31-32-22(37)30-17-6-1-2-7-19(17)38(29,35)36/h1-10H,11H2,(H2,29,35,36)(H2,30,32,37). The van der Waals surface area contributed by atoms with E-state index in [-0.39, 0.29) is 49.8 Å². The molecular formula is C23H16ClF4N5O3S2. The van der Waals surface area contributed by atoms with Crippen molar-refractivity contribution in [2.45, 2.75) is 17.6 Å². The topological polar surface area (TPSA) is 117 Å². The predicted octanol–water partition coefficient (Wildman–Crippen LogP) is 4.38. The van der Waals surface area contributed by atoms with Gasteiger partial charge < -0.3 is 10.2 Å². The number of alkyl halides is 3. The van der Waals surface area contributed by atoms with Crippen LogP contribution in [-0.2, 0) is 27.5 Å². The number of rotatable bonds is 5. The molecule has 0 spiro atoms. The molecule has 1 amide bonds. The Hall–Kier alpha value is -3.59. The molecule has 38 heavy (non-hydrogen) atoms. The summed E-state index contributed by atoms with van der Waals surface area (Å²) >= 11 is 11.0. The number of nitrogens with zero attached hydrogens (tertiary/aromatic N) is 2. The van der Waals surface area contributed by atoms with Crippen LogP contribution in [0.15, 0.2) is 70.7 Å². The Labute approximate surface area is 224 Å². The third kappa shape index (κ3) is 5.78. The number of nitrogens with two attached hydrogens (primary N) is 1. The van der Waals surface area contributed by atoms with E-state index in [0.717, 1.165) is 23.1 Å². The van der Waals surface area contributed by atoms with Crippen LogP contribution < -0.4 is 20.8 Å². The number of thiocarbonyl (C=S) groups is 1. The fraction of sp³-hybridized carbons (Fsp3) is 0.0870. The van der Waals surface area contributed by atoms with Crippen molar-refractivity contribution in [2.75, 3.05) is 10.2 Å². The number of anilines is 2. The molecule has 8 nitrogen and oxygen atoms in total. The van der Waals surface area contributed by atoms with Crippen molar-refractivity contribution in [3.8, 4) is 0 Å². The molecule has 4 rings (SSSR count). The summed E-state index contributed by atoms with van der Waals surface area (Å²) in [5, 5.41) is 11.2. The van der Waals surface area contributed by atoms with Crippen LogP contribution in [0.25, 0.3) is 0 Å². The second kappa shape index (κ2) is 10.3. The van der Waals surface area contributed by atoms with Gasteiger partial charge in [0.15, 0.2) is 10.8 Å². The molecule has 0 saturated carbocycles. The number of sulfonamides is 1. The van der Waals surface area contributed by atoms with Crippen molar-refractivity contribution in [1.82, 2.24) is 5.43 Å². The molecule has 1 heterocycles. The highest BCUT2D eigenvalue weighted by Gasteiger charge is 2.36. The fourth-order valence-corrected chi connectivity index (χ4v) is 4.68. The van der Waals surface area contributed by atoms with Crippen LogP contribution >= 0.6 is 23.8 Å². The minimum atomic E-state index is -4.59. The van der Waals surface area contributed by atoms with Crippen molar-refractivity contribution in [1.29, 1.82) is 0 Å². The highest BCUT2D eigenvalue weighted by Crippen LogP contribution is 2.36. The highest BCUT2D eigenvalue weighted by atomic mass is 35.5. The van der Waals surface area contributed by atoms with Crippen LogP contribution in [-0.4, -0.2) is 25.1 Å². The quantitative estimate of drug-likeness (QED) is 0.232. The summed E-state index contributed by atoms with van der Waals surface area (Å²) in [5.41, 5.74) is 1.53. The Bertz CT molecular complexity index is 1600. The van der Waals surface area contributed by atoms with E-state index in [0.29, 0.717) is 0 Å². The number of nitrogens with one attached hydrogen (secondary N) is 2. The molecule has 0 fully saturated rings. The number of primary sulfonamides is 1. The first-order valence-electron chi connectivity index (χ1n) is 10.5. The minimum absolute atomic E-state index is 0.0177. The number of halogens is 5. The van der Waals surface area contributed by atoms with Crippen LogP contribution in [0.4, 0.5) is 28.9 Å². The molecule has 0 bridgehead atoms. The van der Waals surface area contributed by atoms with E-state index in [4.69, 9.17) is 29.0 Å². The lowest BCUT2D eigenvalue weighted by molar-refractivity contribution is -0.137. The van der Waals surface area contributed by atoms with Crippen molar-refractivity contribution in [2.24, 2.45) is 10.2 Å². The van der Waals surface area contributed by atoms with Crippen LogP contribution in [0, 0.1) is 5.82 Å². The first-order chi connectivity index (χ1) is 17.8. The molecule has 0 saturated heterocycles. The van der Waals surface area contributed by atoms with Gasteiger partial charge >= 0.3 is 6.18 Å². The van der Waals surface area contributed by atoms with E-state index in [2.05, 4.69) is 15.8 Å². The van der Waals surface area contributed by atoms with E-state index >= 15 is 0 Å². The monoisotopic (exact) mass is 585 g/mol. The van der Waals surface area contributed by atoms with Gasteiger partial charge in [0, 0.05) is 5.56 Å². The lowest BCUT2D eigenvalue weighted by Gasteiger charge is -2.18. The van der Waals surface area contributed by atoms with E-state index in [1.54, 1.807) is 0 Å². The number of carbonyl (C=O) groups is 1. The smallest absolute Gasteiger partial charge is 0.330 e. The number of hydrogen-bond acceptors (Lipinski definition) is 5. The summed E-state index contributed by atoms with van der Waals surface area (Å²) in [6.45, 7) is -0.291. The van der Waals surface area contributed by atoms with Crippen molar-refractivity contribution in [3.05, 3.63) is 88.2 Å². The van der Waals surface area contributed by atoms with Gasteiger partial charge in [-0.1, -0.05) is 35.9 Å². The largest absolute Gasteiger partial charge is 0.416 e. The molecule has 0 atom stereocenters. The van der Waals surface area contributed by atoms with Crippen LogP contribution in [0.5, 0.6) is 0 Å². The number of hydrogen-bond donors (Lipinski definition) is 3. The Balaban J connectivity index is 1.63. The van der Waals surface area contributed by atoms with Crippen LogP contribution in [0.3, 0.4) is 0 Å². The van der Waals surface area contributed by atoms with Gasteiger partial charge in [0.05, 0.1) is 28.5 Å². The van der Waals surface area contributed by atoms with Gasteiger partial charge in [0.2, 0.25) is 10.0 Å². The zero-order valence-corrected chi connectivity index (χ0v) is 21.3. The van der Waals surface area contributed by atoms with E-state index in [9.17, 15) is 30.8 Å². The molecule has 4 N–H and O–H groups in total. The Morgan fingerprint density at radius 3 is 2.50 bits per heavy atom. The Kier molecular flexibility index (Phi) is 7.43. The van der Waals surface area contributed by atoms with Crippen molar-refractivity contribution in [3.63, 3.8) is 0 Å². The summed E-state index contributed by atoms with van der Waals surface area (Å²) in [4.78, 5) is 14.1. The molecule has 1 aliphatic rings. The van der Waals surface area contributed by atoms with Gasteiger partial charge in [-0.15, -0.1) is 0 Å². The second-order valence-corrected chi connectivity index (χ2v) is 10.3. The molecular weight excluding hydrogens is 570 g/mol. The van der Waals surface area contributed by atoms with Crippen LogP contribution in [0.1, 0.15) is 16.7 Å². The summed E-state index contributed by atoms with van der Waals surface area (Å²) < 4.78 is 77.3. The van der Waals surface area contributed by atoms with Gasteiger partial charge in [-0.25, -0.2) is 17.9 Å². The van der Waals surface area contributed by atoms with Gasteiger partial charge in [0.1, 0.15) is 10.7 Å². The lowest BCUT2D eigenvalue weighted by atomic mass is 10.1. The van der Waals surface area contributed by atoms with Crippen molar-refractivity contribution < 1.29 is 30.8 Å². The summed E-state index contributed by atoms with van der Waals surface area (Å²) in [5.74, 6) is -1.62. The van der Waals surface area contributed by atoms with Gasteiger partial charge in [-0.3, -0.25) is 10.2 Å². The maximum absolute atomic E-state index is 14.3. The number of benzene rings is 3. The highest BCUT2D eigenvalue weighted by molar-refractivity contribution is 7.89. The van der Waals surface area contributed by atoms with E-state index < -0.39 is 33.5 Å². The Morgan fingerprint density at radius 2 is 1.82 bits per heavy atom. The number of fused-ring (bicyclic) bond motifs is 1. The molecule has 198 valence electrons. The molecule has 3 aromatic rings. The maximum atomic E-state index is 14.3. The number of amides is 1. The summed E-state index contributed by atoms with van der Waals surface area (Å²) in [6.07, 6.45) is -4.59. The zero-order chi connectivity index (χ0) is 27.8. The number of hydrazone groups is 1. The van der Waals surface area contributed by atoms with Gasteiger partial charge in [0.25, 0.3) is 5.91 Å². The summed E-state index contributed by atoms with van der Waals surface area (Å²) in [6, 6.07) is 12.2. The maximum Gasteiger partial charge on any atom is 0.416 e. The number of carbonyl (C=O) groups excluding carboxylic acids is 1. The molecule has 15 heteroatoms. The molecule has 0 unspecified atom stereocenters. The first kappa shape index (κ1) is 27.4. The van der Waals surface area contributed by atoms with Gasteiger partial charge in [-0.2, -0.15) is 18.3 Å². The second-order valence-electron chi connectivity index (χ2n) is 7.94. The fourth-order valence-electron chi connectivity index (χ4n) is 3.67. The van der Waals surface area contributed by atoms with Crippen molar-refractivity contribution >= 4 is 61.9 Å². The third-order valence-corrected chi connectivity index (χ3v) is 6.79. The molecule has 1 aliphatic heterocycles. The molecule has 0 aliphatic carbocycles. The van der Waals surface area contributed by atoms with Crippen LogP contribution in [0.2, 0.25) is 5.02 Å².